The molecule has 3 rings (SSSR count). The molecule has 0 saturated carbocycles. The fraction of sp³-hybridized carbons (Fsp3) is 0.238. The molecule has 1 heterocycles. The minimum absolute atomic E-state index is 0.173. The van der Waals surface area contributed by atoms with Gasteiger partial charge in [-0.25, -0.2) is 13.8 Å². The molecular formula is C21H23BrN4O3S. The van der Waals surface area contributed by atoms with Gasteiger partial charge in [0.25, 0.3) is 5.91 Å². The van der Waals surface area contributed by atoms with E-state index in [1.165, 1.54) is 10.5 Å². The summed E-state index contributed by atoms with van der Waals surface area (Å²) < 4.78 is 27.7. The maximum Gasteiger partial charge on any atom is 0.254 e. The Morgan fingerprint density at radius 1 is 1.03 bits per heavy atom. The van der Waals surface area contributed by atoms with Crippen LogP contribution in [0.5, 0.6) is 0 Å². The normalized spacial score (nSPS) is 16.3. The first-order valence-corrected chi connectivity index (χ1v) is 11.7. The molecule has 1 saturated heterocycles. The van der Waals surface area contributed by atoms with E-state index in [9.17, 15) is 13.2 Å². The molecule has 0 bridgehead atoms. The fourth-order valence-electron chi connectivity index (χ4n) is 2.99. The monoisotopic (exact) mass is 490 g/mol. The van der Waals surface area contributed by atoms with Crippen LogP contribution in [0.25, 0.3) is 6.08 Å². The number of allylic oxidation sites excluding steroid dienone is 1. The number of halogens is 1. The molecule has 1 aliphatic rings. The molecule has 1 amide bonds. The summed E-state index contributed by atoms with van der Waals surface area (Å²) in [6.45, 7) is 1.83. The van der Waals surface area contributed by atoms with Crippen molar-refractivity contribution in [3.8, 4) is 0 Å². The van der Waals surface area contributed by atoms with Crippen LogP contribution in [0.1, 0.15) is 5.56 Å². The van der Waals surface area contributed by atoms with E-state index >= 15 is 0 Å². The van der Waals surface area contributed by atoms with Gasteiger partial charge in [-0.1, -0.05) is 52.3 Å². The highest BCUT2D eigenvalue weighted by molar-refractivity contribution is 9.10. The van der Waals surface area contributed by atoms with Crippen LogP contribution in [0.3, 0.4) is 0 Å². The first-order valence-electron chi connectivity index (χ1n) is 9.47. The third-order valence-corrected chi connectivity index (χ3v) is 7.03. The summed E-state index contributed by atoms with van der Waals surface area (Å²) in [6.07, 6.45) is 5.16. The van der Waals surface area contributed by atoms with E-state index < -0.39 is 10.0 Å². The Labute approximate surface area is 185 Å². The number of hydrazone groups is 1. The lowest BCUT2D eigenvalue weighted by molar-refractivity contribution is -0.122. The van der Waals surface area contributed by atoms with Gasteiger partial charge in [-0.3, -0.25) is 9.69 Å². The first-order chi connectivity index (χ1) is 14.4. The number of hydrogen-bond donors (Lipinski definition) is 1. The van der Waals surface area contributed by atoms with Crippen LogP contribution in [0, 0.1) is 0 Å². The second-order valence-electron chi connectivity index (χ2n) is 6.72. The number of sulfonamides is 1. The van der Waals surface area contributed by atoms with Gasteiger partial charge in [-0.05, 0) is 35.9 Å². The summed E-state index contributed by atoms with van der Waals surface area (Å²) >= 11 is 3.31. The van der Waals surface area contributed by atoms with Crippen molar-refractivity contribution < 1.29 is 13.2 Å². The van der Waals surface area contributed by atoms with E-state index in [-0.39, 0.29) is 17.3 Å². The van der Waals surface area contributed by atoms with Crippen LogP contribution in [0.15, 0.2) is 75.1 Å². The van der Waals surface area contributed by atoms with Crippen LogP contribution >= 0.6 is 15.9 Å². The fourth-order valence-corrected chi connectivity index (χ4v) is 4.68. The van der Waals surface area contributed by atoms with Crippen molar-refractivity contribution in [2.75, 3.05) is 32.7 Å². The lowest BCUT2D eigenvalue weighted by atomic mass is 10.2. The molecule has 0 atom stereocenters. The molecule has 158 valence electrons. The van der Waals surface area contributed by atoms with E-state index in [1.54, 1.807) is 30.3 Å². The molecule has 9 heteroatoms. The molecule has 0 spiro atoms. The molecule has 0 aromatic heterocycles. The predicted molar refractivity (Wildman–Crippen MR) is 121 cm³/mol. The number of piperazine rings is 1. The van der Waals surface area contributed by atoms with Crippen molar-refractivity contribution in [2.24, 2.45) is 5.10 Å². The van der Waals surface area contributed by atoms with Gasteiger partial charge < -0.3 is 0 Å². The quantitative estimate of drug-likeness (QED) is 0.477. The van der Waals surface area contributed by atoms with Crippen molar-refractivity contribution in [1.29, 1.82) is 0 Å². The zero-order valence-electron chi connectivity index (χ0n) is 16.3. The average Bonchev–Trinajstić information content (AvgIpc) is 2.75. The van der Waals surface area contributed by atoms with Gasteiger partial charge in [0.15, 0.2) is 0 Å². The van der Waals surface area contributed by atoms with Crippen molar-refractivity contribution in [1.82, 2.24) is 14.6 Å². The summed E-state index contributed by atoms with van der Waals surface area (Å²) in [6, 6.07) is 16.4. The van der Waals surface area contributed by atoms with Crippen molar-refractivity contribution in [3.63, 3.8) is 0 Å². The summed E-state index contributed by atoms with van der Waals surface area (Å²) in [5.41, 5.74) is 3.54. The van der Waals surface area contributed by atoms with Gasteiger partial charge in [-0.15, -0.1) is 0 Å². The molecule has 7 nitrogen and oxygen atoms in total. The molecule has 30 heavy (non-hydrogen) atoms. The SMILES string of the molecule is O=C(CN1CCN(S(=O)(=O)c2ccc(Br)cc2)CC1)N/N=C\C=C\c1ccccc1. The van der Waals surface area contributed by atoms with E-state index in [4.69, 9.17) is 0 Å². The lowest BCUT2D eigenvalue weighted by Crippen LogP contribution is -2.50. The number of carbonyl (C=O) groups is 1. The second-order valence-corrected chi connectivity index (χ2v) is 9.57. The molecule has 1 aliphatic heterocycles. The highest BCUT2D eigenvalue weighted by Crippen LogP contribution is 2.20. The van der Waals surface area contributed by atoms with Gasteiger partial charge in [0.2, 0.25) is 10.0 Å². The largest absolute Gasteiger partial charge is 0.292 e. The number of rotatable bonds is 7. The van der Waals surface area contributed by atoms with Gasteiger partial charge in [-0.2, -0.15) is 9.41 Å². The second kappa shape index (κ2) is 10.6. The molecular weight excluding hydrogens is 468 g/mol. The molecule has 0 radical (unpaired) electrons. The number of nitrogens with one attached hydrogen (secondary N) is 1. The summed E-state index contributed by atoms with van der Waals surface area (Å²) in [7, 11) is -3.52. The Hall–Kier alpha value is -2.33. The smallest absolute Gasteiger partial charge is 0.254 e. The Balaban J connectivity index is 1.43. The molecule has 0 aliphatic carbocycles. The van der Waals surface area contributed by atoms with Crippen LogP contribution in [0.2, 0.25) is 0 Å². The molecule has 2 aromatic rings. The summed E-state index contributed by atoms with van der Waals surface area (Å²) in [5, 5.41) is 3.90. The number of hydrogen-bond acceptors (Lipinski definition) is 5. The number of amides is 1. The highest BCUT2D eigenvalue weighted by Gasteiger charge is 2.28. The molecule has 2 aromatic carbocycles. The van der Waals surface area contributed by atoms with Crippen LogP contribution in [-0.2, 0) is 14.8 Å². The number of nitrogens with zero attached hydrogens (tertiary/aromatic N) is 3. The van der Waals surface area contributed by atoms with Gasteiger partial charge in [0, 0.05) is 36.9 Å². The highest BCUT2D eigenvalue weighted by atomic mass is 79.9. The standard InChI is InChI=1S/C21H23BrN4O3S/c22-19-8-10-20(11-9-19)30(28,29)26-15-13-25(14-16-26)17-21(27)24-23-12-4-7-18-5-2-1-3-6-18/h1-12H,13-17H2,(H,24,27)/b7-4+,23-12-. The van der Waals surface area contributed by atoms with Gasteiger partial charge in [0.05, 0.1) is 11.4 Å². The van der Waals surface area contributed by atoms with E-state index in [0.29, 0.717) is 26.2 Å². The lowest BCUT2D eigenvalue weighted by Gasteiger charge is -2.33. The Morgan fingerprint density at radius 3 is 2.37 bits per heavy atom. The van der Waals surface area contributed by atoms with E-state index in [1.807, 2.05) is 41.3 Å². The maximum absolute atomic E-state index is 12.7. The Morgan fingerprint density at radius 2 is 1.70 bits per heavy atom. The topological polar surface area (TPSA) is 82.1 Å². The number of benzene rings is 2. The zero-order chi connectivity index (χ0) is 21.4. The first kappa shape index (κ1) is 22.4. The van der Waals surface area contributed by atoms with Crippen LogP contribution < -0.4 is 5.43 Å². The molecule has 0 unspecified atom stereocenters. The van der Waals surface area contributed by atoms with Crippen LogP contribution in [0.4, 0.5) is 0 Å². The predicted octanol–water partition coefficient (Wildman–Crippen LogP) is 2.57. The average molecular weight is 491 g/mol. The van der Waals surface area contributed by atoms with Crippen molar-refractivity contribution in [2.45, 2.75) is 4.90 Å². The van der Waals surface area contributed by atoms with Gasteiger partial charge in [0.1, 0.15) is 0 Å². The molecule has 1 N–H and O–H groups in total. The Kier molecular flexibility index (Phi) is 7.92. The van der Waals surface area contributed by atoms with Gasteiger partial charge >= 0.3 is 0 Å². The summed E-state index contributed by atoms with van der Waals surface area (Å²) in [5.74, 6) is -0.233. The summed E-state index contributed by atoms with van der Waals surface area (Å²) in [4.78, 5) is 14.2. The van der Waals surface area contributed by atoms with Crippen LogP contribution in [-0.4, -0.2) is 62.5 Å². The molecule has 1 fully saturated rings. The third-order valence-electron chi connectivity index (χ3n) is 4.59. The number of carbonyl (C=O) groups excluding carboxylic acids is 1. The minimum atomic E-state index is -3.52. The minimum Gasteiger partial charge on any atom is -0.292 e. The Bertz CT molecular complexity index is 1000. The van der Waals surface area contributed by atoms with Crippen molar-refractivity contribution in [3.05, 3.63) is 70.7 Å². The maximum atomic E-state index is 12.7. The van der Waals surface area contributed by atoms with Crippen molar-refractivity contribution >= 4 is 44.2 Å². The third kappa shape index (κ3) is 6.33. The van der Waals surface area contributed by atoms with E-state index in [0.717, 1.165) is 10.0 Å². The zero-order valence-corrected chi connectivity index (χ0v) is 18.7. The van der Waals surface area contributed by atoms with E-state index in [2.05, 4.69) is 26.5 Å².